The summed E-state index contributed by atoms with van der Waals surface area (Å²) in [5.41, 5.74) is 6.96. The third-order valence-electron chi connectivity index (χ3n) is 2.64. The fraction of sp³-hybridized carbons (Fsp3) is 0.0769. The number of rotatable bonds is 2. The van der Waals surface area contributed by atoms with Crippen molar-refractivity contribution < 1.29 is 0 Å². The van der Waals surface area contributed by atoms with Gasteiger partial charge in [0, 0.05) is 28.7 Å². The van der Waals surface area contributed by atoms with E-state index in [2.05, 4.69) is 0 Å². The van der Waals surface area contributed by atoms with Crippen LogP contribution < -0.4 is 11.2 Å². The first-order valence-corrected chi connectivity index (χ1v) is 5.70. The summed E-state index contributed by atoms with van der Waals surface area (Å²) >= 11 is 5.83. The van der Waals surface area contributed by atoms with E-state index in [1.807, 2.05) is 19.1 Å². The molecule has 4 nitrogen and oxygen atoms in total. The lowest BCUT2D eigenvalue weighted by atomic mass is 10.2. The molecule has 2 rings (SSSR count). The van der Waals surface area contributed by atoms with Crippen molar-refractivity contribution >= 4 is 17.4 Å². The van der Waals surface area contributed by atoms with E-state index >= 15 is 0 Å². The maximum absolute atomic E-state index is 11.7. The average molecular weight is 262 g/mol. The van der Waals surface area contributed by atoms with Crippen molar-refractivity contribution in [1.29, 1.82) is 5.41 Å². The van der Waals surface area contributed by atoms with Gasteiger partial charge in [-0.2, -0.15) is 0 Å². The van der Waals surface area contributed by atoms with Crippen molar-refractivity contribution in [1.82, 2.24) is 4.57 Å². The van der Waals surface area contributed by atoms with Crippen LogP contribution in [0.25, 0.3) is 5.69 Å². The lowest BCUT2D eigenvalue weighted by molar-refractivity contribution is 0.968. The van der Waals surface area contributed by atoms with Gasteiger partial charge in [-0.15, -0.1) is 0 Å². The fourth-order valence-corrected chi connectivity index (χ4v) is 1.84. The van der Waals surface area contributed by atoms with Crippen LogP contribution in [-0.2, 0) is 0 Å². The minimum absolute atomic E-state index is 0.190. The summed E-state index contributed by atoms with van der Waals surface area (Å²) in [5.74, 6) is -0.234. The van der Waals surface area contributed by atoms with E-state index in [1.54, 1.807) is 22.9 Å². The Kier molecular flexibility index (Phi) is 3.21. The van der Waals surface area contributed by atoms with Gasteiger partial charge in [0.2, 0.25) is 0 Å². The molecule has 0 atom stereocenters. The molecule has 5 heteroatoms. The smallest absolute Gasteiger partial charge is 0.192 e. The highest BCUT2D eigenvalue weighted by molar-refractivity contribution is 6.30. The second-order valence-corrected chi connectivity index (χ2v) is 4.39. The molecule has 92 valence electrons. The number of benzene rings is 1. The molecular weight excluding hydrogens is 250 g/mol. The maximum atomic E-state index is 11.7. The molecule has 0 fully saturated rings. The number of nitrogens with one attached hydrogen (secondary N) is 1. The molecule has 0 aliphatic rings. The molecule has 0 spiro atoms. The highest BCUT2D eigenvalue weighted by atomic mass is 35.5. The quantitative estimate of drug-likeness (QED) is 0.642. The van der Waals surface area contributed by atoms with Gasteiger partial charge in [-0.25, -0.2) is 0 Å². The van der Waals surface area contributed by atoms with Crippen LogP contribution in [0.5, 0.6) is 0 Å². The number of aromatic nitrogens is 1. The first-order valence-electron chi connectivity index (χ1n) is 5.32. The molecular formula is C13H12ClN3O. The van der Waals surface area contributed by atoms with Gasteiger partial charge in [-0.1, -0.05) is 11.6 Å². The number of hydrogen-bond donors (Lipinski definition) is 2. The van der Waals surface area contributed by atoms with Gasteiger partial charge in [-0.3, -0.25) is 10.2 Å². The van der Waals surface area contributed by atoms with E-state index < -0.39 is 0 Å². The fourth-order valence-electron chi connectivity index (χ4n) is 1.71. The summed E-state index contributed by atoms with van der Waals surface area (Å²) in [7, 11) is 0. The molecule has 0 aliphatic heterocycles. The van der Waals surface area contributed by atoms with Gasteiger partial charge >= 0.3 is 0 Å². The highest BCUT2D eigenvalue weighted by Crippen LogP contribution is 2.15. The minimum Gasteiger partial charge on any atom is -0.384 e. The lowest BCUT2D eigenvalue weighted by Crippen LogP contribution is -2.23. The number of amidine groups is 1. The van der Waals surface area contributed by atoms with Crippen molar-refractivity contribution in [3.63, 3.8) is 0 Å². The van der Waals surface area contributed by atoms with Crippen molar-refractivity contribution in [2.45, 2.75) is 6.92 Å². The van der Waals surface area contributed by atoms with Crippen LogP contribution in [0.1, 0.15) is 11.3 Å². The lowest BCUT2D eigenvalue weighted by Gasteiger charge is -2.12. The van der Waals surface area contributed by atoms with E-state index in [0.717, 1.165) is 11.4 Å². The number of halogens is 1. The number of pyridine rings is 1. The molecule has 1 aromatic heterocycles. The summed E-state index contributed by atoms with van der Waals surface area (Å²) < 4.78 is 1.80. The Balaban J connectivity index is 2.64. The van der Waals surface area contributed by atoms with Gasteiger partial charge in [-0.05, 0) is 31.2 Å². The topological polar surface area (TPSA) is 71.9 Å². The largest absolute Gasteiger partial charge is 0.384 e. The molecule has 3 N–H and O–H groups in total. The van der Waals surface area contributed by atoms with E-state index in [0.29, 0.717) is 5.02 Å². The summed E-state index contributed by atoms with van der Waals surface area (Å²) in [5, 5.41) is 8.03. The van der Waals surface area contributed by atoms with Crippen LogP contribution in [0.4, 0.5) is 0 Å². The van der Waals surface area contributed by atoms with Crippen molar-refractivity contribution in [3.8, 4) is 5.69 Å². The molecule has 1 aromatic carbocycles. The van der Waals surface area contributed by atoms with E-state index in [9.17, 15) is 4.79 Å². The molecule has 18 heavy (non-hydrogen) atoms. The van der Waals surface area contributed by atoms with Crippen molar-refractivity contribution in [2.75, 3.05) is 0 Å². The predicted octanol–water partition coefficient (Wildman–Crippen LogP) is 2.08. The molecule has 2 aromatic rings. The minimum atomic E-state index is -0.245. The van der Waals surface area contributed by atoms with Crippen LogP contribution in [0.15, 0.2) is 41.3 Å². The summed E-state index contributed by atoms with van der Waals surface area (Å²) in [6.07, 6.45) is 1.57. The average Bonchev–Trinajstić information content (AvgIpc) is 2.30. The van der Waals surface area contributed by atoms with Crippen LogP contribution in [0.2, 0.25) is 5.02 Å². The molecule has 0 bridgehead atoms. The summed E-state index contributed by atoms with van der Waals surface area (Å²) in [6.45, 7) is 1.82. The van der Waals surface area contributed by atoms with Crippen LogP contribution in [0, 0.1) is 12.3 Å². The molecule has 0 aliphatic carbocycles. The van der Waals surface area contributed by atoms with Gasteiger partial charge in [0.1, 0.15) is 5.84 Å². The van der Waals surface area contributed by atoms with Crippen LogP contribution in [-0.4, -0.2) is 10.4 Å². The van der Waals surface area contributed by atoms with Crippen LogP contribution in [0.3, 0.4) is 0 Å². The Bertz CT molecular complexity index is 659. The summed E-state index contributed by atoms with van der Waals surface area (Å²) in [4.78, 5) is 11.7. The second kappa shape index (κ2) is 4.66. The molecule has 0 amide bonds. The molecule has 0 saturated carbocycles. The monoisotopic (exact) mass is 261 g/mol. The van der Waals surface area contributed by atoms with Gasteiger partial charge < -0.3 is 10.3 Å². The number of nitrogens with two attached hydrogens (primary N) is 1. The Labute approximate surface area is 109 Å². The number of nitrogens with zero attached hydrogens (tertiary/aromatic N) is 1. The third kappa shape index (κ3) is 2.28. The first kappa shape index (κ1) is 12.4. The predicted molar refractivity (Wildman–Crippen MR) is 72.8 cm³/mol. The first-order chi connectivity index (χ1) is 8.49. The maximum Gasteiger partial charge on any atom is 0.192 e. The van der Waals surface area contributed by atoms with E-state index in [4.69, 9.17) is 22.7 Å². The number of nitrogen functional groups attached to an aromatic ring is 1. The molecule has 0 unspecified atom stereocenters. The van der Waals surface area contributed by atoms with Gasteiger partial charge in [0.15, 0.2) is 5.43 Å². The van der Waals surface area contributed by atoms with Gasteiger partial charge in [0.25, 0.3) is 0 Å². The Morgan fingerprint density at radius 1 is 1.33 bits per heavy atom. The number of aryl methyl sites for hydroxylation is 1. The Hall–Kier alpha value is -2.07. The Morgan fingerprint density at radius 2 is 1.94 bits per heavy atom. The highest BCUT2D eigenvalue weighted by Gasteiger charge is 2.07. The van der Waals surface area contributed by atoms with Gasteiger partial charge in [0.05, 0.1) is 5.56 Å². The van der Waals surface area contributed by atoms with E-state index in [1.165, 1.54) is 6.07 Å². The molecule has 0 radical (unpaired) electrons. The third-order valence-corrected chi connectivity index (χ3v) is 2.89. The van der Waals surface area contributed by atoms with Crippen LogP contribution >= 0.6 is 11.6 Å². The van der Waals surface area contributed by atoms with Crippen molar-refractivity contribution in [3.05, 3.63) is 63.0 Å². The zero-order valence-corrected chi connectivity index (χ0v) is 10.5. The summed E-state index contributed by atoms with van der Waals surface area (Å²) in [6, 6.07) is 8.67. The zero-order valence-electron chi connectivity index (χ0n) is 9.77. The zero-order chi connectivity index (χ0) is 13.3. The SMILES string of the molecule is Cc1cc(=O)c(C(=N)N)cn1-c1ccc(Cl)cc1. The standard InChI is InChI=1S/C13H12ClN3O/c1-8-6-12(18)11(13(15)16)7-17(8)10-4-2-9(14)3-5-10/h2-7H,1H3,(H3,15,16). The van der Waals surface area contributed by atoms with Crippen molar-refractivity contribution in [2.24, 2.45) is 5.73 Å². The number of hydrogen-bond acceptors (Lipinski definition) is 2. The molecule has 0 saturated heterocycles. The Morgan fingerprint density at radius 3 is 2.50 bits per heavy atom. The van der Waals surface area contributed by atoms with E-state index in [-0.39, 0.29) is 16.8 Å². The normalized spacial score (nSPS) is 10.3. The second-order valence-electron chi connectivity index (χ2n) is 3.95. The molecule has 1 heterocycles.